The van der Waals surface area contributed by atoms with Crippen molar-refractivity contribution < 1.29 is 13.2 Å². The topological polar surface area (TPSA) is 149 Å². The lowest BCUT2D eigenvalue weighted by molar-refractivity contribution is -0.195. The molecule has 1 saturated carbocycles. The lowest BCUT2D eigenvalue weighted by Gasteiger charge is -2.28. The van der Waals surface area contributed by atoms with Gasteiger partial charge in [-0.3, -0.25) is 9.99 Å². The highest BCUT2D eigenvalue weighted by Crippen LogP contribution is 2.53. The van der Waals surface area contributed by atoms with Crippen molar-refractivity contribution in [1.82, 2.24) is 25.9 Å². The Balaban J connectivity index is 1.59. The lowest BCUT2D eigenvalue weighted by Crippen LogP contribution is -2.52. The second kappa shape index (κ2) is 10.4. The zero-order valence-corrected chi connectivity index (χ0v) is 23.1. The van der Waals surface area contributed by atoms with Crippen LogP contribution < -0.4 is 21.6 Å². The Morgan fingerprint density at radius 3 is 2.33 bits per heavy atom. The molecule has 0 spiro atoms. The summed E-state index contributed by atoms with van der Waals surface area (Å²) in [6.45, 7) is 6.68. The van der Waals surface area contributed by atoms with E-state index in [0.717, 1.165) is 5.01 Å². The van der Waals surface area contributed by atoms with Gasteiger partial charge in [-0.15, -0.1) is 5.53 Å². The number of fused-ring (bicyclic) bond motifs is 1. The maximum absolute atomic E-state index is 13.8. The van der Waals surface area contributed by atoms with Crippen molar-refractivity contribution in [2.45, 2.75) is 51.4 Å². The van der Waals surface area contributed by atoms with Crippen LogP contribution >= 0.6 is 0 Å². The molecule has 214 valence electrons. The van der Waals surface area contributed by atoms with E-state index in [9.17, 15) is 29.0 Å². The number of aromatic nitrogens is 2. The number of nitrogens with one attached hydrogen (secondary N) is 4. The molecule has 0 unspecified atom stereocenters. The Hall–Kier alpha value is -5.06. The number of halogens is 3. The molecule has 42 heavy (non-hydrogen) atoms. The quantitative estimate of drug-likeness (QED) is 0.301. The SMILES string of the molecule is CC(C)(C)CNc1c(C#N)cnc2c(C#N)cc(N[C@H](C3=CN(C4(C(F)(F)F)CC4)NN3)c3ccc(C#N)nc3)cc12. The monoisotopic (exact) mass is 572 g/mol. The van der Waals surface area contributed by atoms with Gasteiger partial charge in [0.15, 0.2) is 5.54 Å². The summed E-state index contributed by atoms with van der Waals surface area (Å²) >= 11 is 0. The number of hydrogen-bond acceptors (Lipinski definition) is 10. The third kappa shape index (κ3) is 5.32. The summed E-state index contributed by atoms with van der Waals surface area (Å²) in [5, 5.41) is 37.2. The predicted octanol–water partition coefficient (Wildman–Crippen LogP) is 5.12. The van der Waals surface area contributed by atoms with Gasteiger partial charge in [0, 0.05) is 36.2 Å². The van der Waals surface area contributed by atoms with Crippen LogP contribution in [-0.4, -0.2) is 33.2 Å². The molecule has 13 heteroatoms. The van der Waals surface area contributed by atoms with Crippen LogP contribution in [0.3, 0.4) is 0 Å². The van der Waals surface area contributed by atoms with Crippen LogP contribution in [0.1, 0.15) is 62.0 Å². The second-order valence-electron chi connectivity index (χ2n) is 11.5. The Labute approximate surface area is 240 Å². The normalized spacial score (nSPS) is 16.5. The zero-order chi connectivity index (χ0) is 30.3. The smallest absolute Gasteiger partial charge is 0.383 e. The third-order valence-corrected chi connectivity index (χ3v) is 7.17. The van der Waals surface area contributed by atoms with Gasteiger partial charge in [-0.1, -0.05) is 26.8 Å². The summed E-state index contributed by atoms with van der Waals surface area (Å²) in [5.41, 5.74) is 6.43. The molecule has 3 aromatic rings. The van der Waals surface area contributed by atoms with E-state index in [4.69, 9.17) is 0 Å². The number of alkyl halides is 3. The molecule has 1 atom stereocenters. The summed E-state index contributed by atoms with van der Waals surface area (Å²) in [6.07, 6.45) is -0.256. The van der Waals surface area contributed by atoms with Crippen LogP contribution in [0.25, 0.3) is 10.9 Å². The number of nitrogens with zero attached hydrogens (tertiary/aromatic N) is 6. The number of hydrogen-bond donors (Lipinski definition) is 4. The molecule has 4 N–H and O–H groups in total. The van der Waals surface area contributed by atoms with Gasteiger partial charge in [-0.2, -0.15) is 29.0 Å². The van der Waals surface area contributed by atoms with Gasteiger partial charge < -0.3 is 16.1 Å². The molecule has 10 nitrogen and oxygen atoms in total. The summed E-state index contributed by atoms with van der Waals surface area (Å²) < 4.78 is 41.5. The summed E-state index contributed by atoms with van der Waals surface area (Å²) in [6, 6.07) is 12.0. The van der Waals surface area contributed by atoms with E-state index in [1.807, 2.05) is 26.8 Å². The second-order valence-corrected chi connectivity index (χ2v) is 11.5. The maximum atomic E-state index is 13.8. The fourth-order valence-corrected chi connectivity index (χ4v) is 4.73. The molecule has 1 aliphatic heterocycles. The van der Waals surface area contributed by atoms with Gasteiger partial charge >= 0.3 is 6.18 Å². The first kappa shape index (κ1) is 28.5. The minimum absolute atomic E-state index is 0.0414. The number of rotatable bonds is 7. The van der Waals surface area contributed by atoms with Crippen molar-refractivity contribution in [1.29, 1.82) is 15.8 Å². The van der Waals surface area contributed by atoms with Crippen molar-refractivity contribution >= 4 is 22.3 Å². The Morgan fingerprint density at radius 2 is 1.76 bits per heavy atom. The number of hydrazine groups is 2. The van der Waals surface area contributed by atoms with Crippen LogP contribution in [-0.2, 0) is 0 Å². The summed E-state index contributed by atoms with van der Waals surface area (Å²) in [7, 11) is 0. The Kier molecular flexibility index (Phi) is 7.05. The molecule has 1 aromatic carbocycles. The Bertz CT molecular complexity index is 1680. The first-order chi connectivity index (χ1) is 19.9. The van der Waals surface area contributed by atoms with Crippen LogP contribution in [0.2, 0.25) is 0 Å². The molecular weight excluding hydrogens is 545 g/mol. The van der Waals surface area contributed by atoms with Gasteiger partial charge in [-0.25, -0.2) is 4.98 Å². The van der Waals surface area contributed by atoms with Crippen molar-refractivity contribution in [2.75, 3.05) is 17.2 Å². The first-order valence-electron chi connectivity index (χ1n) is 13.1. The molecule has 1 aliphatic carbocycles. The minimum Gasteiger partial charge on any atom is -0.383 e. The summed E-state index contributed by atoms with van der Waals surface area (Å²) in [4.78, 5) is 8.51. The van der Waals surface area contributed by atoms with Gasteiger partial charge in [0.25, 0.3) is 0 Å². The number of anilines is 2. The molecule has 1 fully saturated rings. The van der Waals surface area contributed by atoms with Crippen molar-refractivity contribution in [3.8, 4) is 18.2 Å². The average molecular weight is 573 g/mol. The highest BCUT2D eigenvalue weighted by Gasteiger charge is 2.67. The molecule has 0 radical (unpaired) electrons. The van der Waals surface area contributed by atoms with Crippen molar-refractivity contribution in [3.63, 3.8) is 0 Å². The van der Waals surface area contributed by atoms with E-state index in [2.05, 4.69) is 43.7 Å². The number of nitriles is 3. The highest BCUT2D eigenvalue weighted by molar-refractivity contribution is 5.99. The van der Waals surface area contributed by atoms with Gasteiger partial charge in [0.2, 0.25) is 0 Å². The molecule has 0 amide bonds. The lowest BCUT2D eigenvalue weighted by atomic mass is 9.96. The van der Waals surface area contributed by atoms with Crippen LogP contribution in [0.15, 0.2) is 48.6 Å². The zero-order valence-electron chi connectivity index (χ0n) is 23.1. The molecule has 2 aromatic heterocycles. The van der Waals surface area contributed by atoms with E-state index >= 15 is 0 Å². The summed E-state index contributed by atoms with van der Waals surface area (Å²) in [5.74, 6) is 0. The largest absolute Gasteiger partial charge is 0.413 e. The molecule has 0 saturated heterocycles. The van der Waals surface area contributed by atoms with E-state index < -0.39 is 17.8 Å². The average Bonchev–Trinajstić information content (AvgIpc) is 3.65. The van der Waals surface area contributed by atoms with E-state index in [0.29, 0.717) is 45.6 Å². The molecule has 3 heterocycles. The van der Waals surface area contributed by atoms with Crippen LogP contribution in [0.5, 0.6) is 0 Å². The minimum atomic E-state index is -4.44. The van der Waals surface area contributed by atoms with Gasteiger partial charge in [-0.05, 0) is 42.0 Å². The first-order valence-corrected chi connectivity index (χ1v) is 13.1. The fraction of sp³-hybridized carbons (Fsp3) is 0.345. The van der Waals surface area contributed by atoms with Gasteiger partial charge in [0.05, 0.1) is 34.1 Å². The van der Waals surface area contributed by atoms with E-state index in [1.165, 1.54) is 24.7 Å². The fourth-order valence-electron chi connectivity index (χ4n) is 4.73. The van der Waals surface area contributed by atoms with E-state index in [-0.39, 0.29) is 29.5 Å². The number of benzene rings is 1. The van der Waals surface area contributed by atoms with Crippen molar-refractivity contribution in [3.05, 3.63) is 70.9 Å². The standard InChI is InChI=1S/C29H27F3N10/c1-27(2,3)16-38-25-19(11-34)14-37-24-18(10-33)8-21(9-22(24)25)39-26(17-4-5-20(12-35)36-13-17)23-15-42(41-40-23)28(6-7-28)29(30,31)32/h4-5,8-9,13-15,26,39-41H,6-7,16H2,1-3H3,(H,37,38)/t26-/m0/s1. The van der Waals surface area contributed by atoms with Crippen LogP contribution in [0, 0.1) is 39.4 Å². The predicted molar refractivity (Wildman–Crippen MR) is 149 cm³/mol. The Morgan fingerprint density at radius 1 is 1.02 bits per heavy atom. The van der Waals surface area contributed by atoms with Crippen molar-refractivity contribution in [2.24, 2.45) is 5.41 Å². The van der Waals surface area contributed by atoms with Crippen LogP contribution in [0.4, 0.5) is 24.5 Å². The highest BCUT2D eigenvalue weighted by atomic mass is 19.4. The number of pyridine rings is 2. The maximum Gasteiger partial charge on any atom is 0.413 e. The molecule has 2 aliphatic rings. The van der Waals surface area contributed by atoms with E-state index in [1.54, 1.807) is 18.2 Å². The molecule has 5 rings (SSSR count). The molecule has 0 bridgehead atoms. The van der Waals surface area contributed by atoms with Gasteiger partial charge in [0.1, 0.15) is 23.9 Å². The molecular formula is C29H27F3N10. The third-order valence-electron chi connectivity index (χ3n) is 7.17.